The highest BCUT2D eigenvalue weighted by Crippen LogP contribution is 2.19. The maximum absolute atomic E-state index is 12.3. The third kappa shape index (κ3) is 2.77. The quantitative estimate of drug-likeness (QED) is 0.755. The van der Waals surface area contributed by atoms with Crippen molar-refractivity contribution in [3.05, 3.63) is 47.5 Å². The molecule has 0 saturated heterocycles. The monoisotopic (exact) mass is 319 g/mol. The van der Waals surface area contributed by atoms with Gasteiger partial charge in [-0.15, -0.1) is 0 Å². The molecule has 7 heteroatoms. The Morgan fingerprint density at radius 2 is 2.09 bits per heavy atom. The third-order valence-corrected chi connectivity index (χ3v) is 5.26. The SMILES string of the molecule is Cc1noc(C)c1S(=O)(=O)NCCc1ccc2[nH]ccc2c1. The first-order valence-corrected chi connectivity index (χ1v) is 8.44. The highest BCUT2D eigenvalue weighted by Gasteiger charge is 2.23. The number of rotatable bonds is 5. The normalized spacial score (nSPS) is 12.1. The predicted molar refractivity (Wildman–Crippen MR) is 83.2 cm³/mol. The summed E-state index contributed by atoms with van der Waals surface area (Å²) in [6.45, 7) is 3.53. The number of benzene rings is 1. The summed E-state index contributed by atoms with van der Waals surface area (Å²) in [5, 5.41) is 4.80. The van der Waals surface area contributed by atoms with Gasteiger partial charge in [-0.2, -0.15) is 0 Å². The highest BCUT2D eigenvalue weighted by atomic mass is 32.2. The summed E-state index contributed by atoms with van der Waals surface area (Å²) in [6, 6.07) is 8.03. The van der Waals surface area contributed by atoms with E-state index in [2.05, 4.69) is 20.9 Å². The first kappa shape index (κ1) is 14.8. The van der Waals surface area contributed by atoms with E-state index in [1.54, 1.807) is 13.8 Å². The average Bonchev–Trinajstić information content (AvgIpc) is 3.05. The Labute approximate surface area is 128 Å². The third-order valence-electron chi connectivity index (χ3n) is 3.56. The molecule has 3 rings (SSSR count). The van der Waals surface area contributed by atoms with Crippen LogP contribution in [0.25, 0.3) is 10.9 Å². The fourth-order valence-electron chi connectivity index (χ4n) is 2.52. The van der Waals surface area contributed by atoms with Crippen molar-refractivity contribution in [2.75, 3.05) is 6.54 Å². The topological polar surface area (TPSA) is 88.0 Å². The van der Waals surface area contributed by atoms with Crippen molar-refractivity contribution in [1.82, 2.24) is 14.9 Å². The molecule has 0 amide bonds. The van der Waals surface area contributed by atoms with Gasteiger partial charge in [0.15, 0.2) is 5.76 Å². The Morgan fingerprint density at radius 1 is 1.27 bits per heavy atom. The van der Waals surface area contributed by atoms with E-state index in [9.17, 15) is 8.42 Å². The van der Waals surface area contributed by atoms with Crippen molar-refractivity contribution in [1.29, 1.82) is 0 Å². The molecule has 2 N–H and O–H groups in total. The van der Waals surface area contributed by atoms with Crippen LogP contribution in [0.5, 0.6) is 0 Å². The molecule has 0 saturated carbocycles. The molecule has 0 atom stereocenters. The van der Waals surface area contributed by atoms with Gasteiger partial charge >= 0.3 is 0 Å². The summed E-state index contributed by atoms with van der Waals surface area (Å²) >= 11 is 0. The zero-order chi connectivity index (χ0) is 15.7. The second-order valence-electron chi connectivity index (χ2n) is 5.20. The van der Waals surface area contributed by atoms with Gasteiger partial charge in [-0.25, -0.2) is 13.1 Å². The van der Waals surface area contributed by atoms with Gasteiger partial charge < -0.3 is 9.51 Å². The number of nitrogens with one attached hydrogen (secondary N) is 2. The zero-order valence-electron chi connectivity index (χ0n) is 12.4. The van der Waals surface area contributed by atoms with Crippen molar-refractivity contribution in [2.45, 2.75) is 25.2 Å². The summed E-state index contributed by atoms with van der Waals surface area (Å²) in [5.74, 6) is 0.304. The van der Waals surface area contributed by atoms with Gasteiger partial charge in [0.2, 0.25) is 10.0 Å². The molecule has 0 fully saturated rings. The minimum Gasteiger partial charge on any atom is -0.361 e. The molecule has 22 heavy (non-hydrogen) atoms. The number of aromatic nitrogens is 2. The van der Waals surface area contributed by atoms with Crippen LogP contribution in [-0.2, 0) is 16.4 Å². The van der Waals surface area contributed by atoms with Crippen LogP contribution in [0.2, 0.25) is 0 Å². The van der Waals surface area contributed by atoms with Crippen LogP contribution in [0.15, 0.2) is 39.9 Å². The van der Waals surface area contributed by atoms with Crippen LogP contribution >= 0.6 is 0 Å². The standard InChI is InChI=1S/C15H17N3O3S/c1-10-15(11(2)21-18-10)22(19,20)17-8-5-12-3-4-14-13(9-12)6-7-16-14/h3-4,6-7,9,16-17H,5,8H2,1-2H3. The van der Waals surface area contributed by atoms with Crippen molar-refractivity contribution in [3.8, 4) is 0 Å². The number of aryl methyl sites for hydroxylation is 2. The van der Waals surface area contributed by atoms with Crippen LogP contribution in [0.3, 0.4) is 0 Å². The lowest BCUT2D eigenvalue weighted by Crippen LogP contribution is -2.26. The van der Waals surface area contributed by atoms with E-state index >= 15 is 0 Å². The fraction of sp³-hybridized carbons (Fsp3) is 0.267. The average molecular weight is 319 g/mol. The lowest BCUT2D eigenvalue weighted by atomic mass is 10.1. The molecule has 0 bridgehead atoms. The number of hydrogen-bond acceptors (Lipinski definition) is 4. The lowest BCUT2D eigenvalue weighted by Gasteiger charge is -2.06. The van der Waals surface area contributed by atoms with Gasteiger partial charge in [0.05, 0.1) is 0 Å². The minimum atomic E-state index is -3.59. The van der Waals surface area contributed by atoms with Crippen molar-refractivity contribution >= 4 is 20.9 Å². The Bertz CT molecular complexity index is 890. The van der Waals surface area contributed by atoms with Crippen LogP contribution in [0.4, 0.5) is 0 Å². The summed E-state index contributed by atoms with van der Waals surface area (Å²) in [7, 11) is -3.59. The number of fused-ring (bicyclic) bond motifs is 1. The van der Waals surface area contributed by atoms with Gasteiger partial charge in [-0.05, 0) is 49.4 Å². The Kier molecular flexibility index (Phi) is 3.76. The van der Waals surface area contributed by atoms with Crippen LogP contribution in [0, 0.1) is 13.8 Å². The number of nitrogens with zero attached hydrogens (tertiary/aromatic N) is 1. The zero-order valence-corrected chi connectivity index (χ0v) is 13.2. The summed E-state index contributed by atoms with van der Waals surface area (Å²) in [6.07, 6.45) is 2.50. The molecule has 0 aliphatic heterocycles. The number of aromatic amines is 1. The lowest BCUT2D eigenvalue weighted by molar-refractivity contribution is 0.390. The molecule has 0 aliphatic carbocycles. The van der Waals surface area contributed by atoms with E-state index in [0.717, 1.165) is 16.5 Å². The highest BCUT2D eigenvalue weighted by molar-refractivity contribution is 7.89. The smallest absolute Gasteiger partial charge is 0.245 e. The maximum atomic E-state index is 12.3. The molecule has 6 nitrogen and oxygen atoms in total. The summed E-state index contributed by atoms with van der Waals surface area (Å²) in [4.78, 5) is 3.26. The molecule has 1 aromatic carbocycles. The molecular formula is C15H17N3O3S. The van der Waals surface area contributed by atoms with Gasteiger partial charge in [-0.1, -0.05) is 11.2 Å². The predicted octanol–water partition coefficient (Wildman–Crippen LogP) is 2.29. The Hall–Kier alpha value is -2.12. The molecule has 0 unspecified atom stereocenters. The van der Waals surface area contributed by atoms with Crippen molar-refractivity contribution in [2.24, 2.45) is 0 Å². The van der Waals surface area contributed by atoms with Gasteiger partial charge in [0, 0.05) is 18.3 Å². The van der Waals surface area contributed by atoms with Crippen molar-refractivity contribution in [3.63, 3.8) is 0 Å². The molecule has 0 spiro atoms. The van der Waals surface area contributed by atoms with Crippen LogP contribution < -0.4 is 4.72 Å². The van der Waals surface area contributed by atoms with Gasteiger partial charge in [0.1, 0.15) is 10.6 Å². The second kappa shape index (κ2) is 5.58. The van der Waals surface area contributed by atoms with E-state index in [0.29, 0.717) is 24.4 Å². The van der Waals surface area contributed by atoms with Gasteiger partial charge in [0.25, 0.3) is 0 Å². The minimum absolute atomic E-state index is 0.133. The van der Waals surface area contributed by atoms with E-state index in [-0.39, 0.29) is 4.90 Å². The first-order valence-electron chi connectivity index (χ1n) is 6.96. The molecule has 0 radical (unpaired) electrons. The van der Waals surface area contributed by atoms with E-state index in [1.165, 1.54) is 0 Å². The molecule has 2 aromatic heterocycles. The maximum Gasteiger partial charge on any atom is 0.245 e. The molecule has 3 aromatic rings. The van der Waals surface area contributed by atoms with E-state index in [1.807, 2.05) is 24.4 Å². The molecule has 116 valence electrons. The van der Waals surface area contributed by atoms with Crippen LogP contribution in [0.1, 0.15) is 17.0 Å². The number of H-pyrrole nitrogens is 1. The number of hydrogen-bond donors (Lipinski definition) is 2. The molecule has 0 aliphatic rings. The fourth-order valence-corrected chi connectivity index (χ4v) is 3.88. The van der Waals surface area contributed by atoms with E-state index in [4.69, 9.17) is 4.52 Å². The van der Waals surface area contributed by atoms with Crippen LogP contribution in [-0.4, -0.2) is 25.1 Å². The Balaban J connectivity index is 1.69. The first-order chi connectivity index (χ1) is 10.5. The Morgan fingerprint density at radius 3 is 2.82 bits per heavy atom. The van der Waals surface area contributed by atoms with Gasteiger partial charge in [-0.3, -0.25) is 0 Å². The molecular weight excluding hydrogens is 302 g/mol. The second-order valence-corrected chi connectivity index (χ2v) is 6.90. The number of sulfonamides is 1. The summed E-state index contributed by atoms with van der Waals surface area (Å²) in [5.41, 5.74) is 2.52. The van der Waals surface area contributed by atoms with E-state index < -0.39 is 10.0 Å². The molecule has 2 heterocycles. The van der Waals surface area contributed by atoms with Crippen molar-refractivity contribution < 1.29 is 12.9 Å². The largest absolute Gasteiger partial charge is 0.361 e. The summed E-state index contributed by atoms with van der Waals surface area (Å²) < 4.78 is 32.1.